The molecule has 0 aromatic heterocycles. The van der Waals surface area contributed by atoms with Crippen molar-refractivity contribution in [1.29, 1.82) is 0 Å². The Morgan fingerprint density at radius 1 is 1.15 bits per heavy atom. The molecule has 2 amide bonds. The van der Waals surface area contributed by atoms with Crippen molar-refractivity contribution in [2.75, 3.05) is 42.5 Å². The van der Waals surface area contributed by atoms with Crippen molar-refractivity contribution in [1.82, 2.24) is 4.90 Å². The third kappa shape index (κ3) is 4.77. The van der Waals surface area contributed by atoms with E-state index in [0.717, 1.165) is 56.0 Å². The summed E-state index contributed by atoms with van der Waals surface area (Å²) in [6, 6.07) is 6.11. The van der Waals surface area contributed by atoms with Crippen molar-refractivity contribution < 1.29 is 9.59 Å². The molecule has 1 aromatic rings. The fraction of sp³-hybridized carbons (Fsp3) is 0.619. The zero-order valence-corrected chi connectivity index (χ0v) is 16.9. The number of likely N-dealkylation sites (tertiary alicyclic amines) is 1. The maximum Gasteiger partial charge on any atom is 0.242 e. The van der Waals surface area contributed by atoms with Crippen LogP contribution in [0.15, 0.2) is 18.2 Å². The molecule has 2 rings (SSSR count). The first kappa shape index (κ1) is 20.3. The summed E-state index contributed by atoms with van der Waals surface area (Å²) in [5, 5.41) is 0. The van der Waals surface area contributed by atoms with E-state index in [1.807, 2.05) is 24.0 Å². The van der Waals surface area contributed by atoms with E-state index in [0.29, 0.717) is 5.92 Å². The van der Waals surface area contributed by atoms with E-state index in [1.54, 1.807) is 4.90 Å². The summed E-state index contributed by atoms with van der Waals surface area (Å²) >= 11 is 0. The Hall–Kier alpha value is -2.04. The highest BCUT2D eigenvalue weighted by Gasteiger charge is 2.24. The van der Waals surface area contributed by atoms with Gasteiger partial charge in [0.25, 0.3) is 0 Å². The molecule has 1 aliphatic heterocycles. The summed E-state index contributed by atoms with van der Waals surface area (Å²) in [7, 11) is 0. The van der Waals surface area contributed by atoms with Crippen LogP contribution < -0.4 is 9.80 Å². The maximum atomic E-state index is 12.7. The number of anilines is 2. The number of amides is 2. The summed E-state index contributed by atoms with van der Waals surface area (Å²) in [6.45, 7) is 13.6. The molecule has 1 heterocycles. The van der Waals surface area contributed by atoms with Crippen molar-refractivity contribution in [2.24, 2.45) is 5.92 Å². The number of benzene rings is 1. The average molecular weight is 360 g/mol. The highest BCUT2D eigenvalue weighted by atomic mass is 16.2. The summed E-state index contributed by atoms with van der Waals surface area (Å²) < 4.78 is 0. The minimum absolute atomic E-state index is 0.0410. The van der Waals surface area contributed by atoms with Crippen LogP contribution in [0.3, 0.4) is 0 Å². The molecule has 0 aliphatic carbocycles. The predicted molar refractivity (Wildman–Crippen MR) is 108 cm³/mol. The number of hydrogen-bond acceptors (Lipinski definition) is 3. The molecule has 1 saturated heterocycles. The second-order valence-electron chi connectivity index (χ2n) is 7.31. The Kier molecular flexibility index (Phi) is 7.06. The average Bonchev–Trinajstić information content (AvgIpc) is 2.61. The molecule has 5 nitrogen and oxygen atoms in total. The van der Waals surface area contributed by atoms with Gasteiger partial charge in [0.15, 0.2) is 0 Å². The van der Waals surface area contributed by atoms with Crippen LogP contribution in [0.1, 0.15) is 46.1 Å². The molecule has 144 valence electrons. The van der Waals surface area contributed by atoms with Crippen LogP contribution in [-0.2, 0) is 9.59 Å². The quantitative estimate of drug-likeness (QED) is 0.781. The summed E-state index contributed by atoms with van der Waals surface area (Å²) in [5.74, 6) is 0.625. The van der Waals surface area contributed by atoms with Crippen molar-refractivity contribution in [3.63, 3.8) is 0 Å². The van der Waals surface area contributed by atoms with E-state index >= 15 is 0 Å². The Bertz CT molecular complexity index is 632. The maximum absolute atomic E-state index is 12.7. The normalized spacial score (nSPS) is 15.0. The van der Waals surface area contributed by atoms with Crippen molar-refractivity contribution in [3.05, 3.63) is 23.8 Å². The third-order valence-corrected chi connectivity index (χ3v) is 5.41. The Morgan fingerprint density at radius 2 is 1.77 bits per heavy atom. The molecule has 0 radical (unpaired) electrons. The van der Waals surface area contributed by atoms with Crippen LogP contribution in [0, 0.1) is 12.8 Å². The Balaban J connectivity index is 2.16. The van der Waals surface area contributed by atoms with Crippen molar-refractivity contribution in [2.45, 2.75) is 47.5 Å². The molecule has 5 heteroatoms. The van der Waals surface area contributed by atoms with Gasteiger partial charge in [-0.2, -0.15) is 0 Å². The molecular formula is C21H33N3O2. The molecule has 0 unspecified atom stereocenters. The van der Waals surface area contributed by atoms with Gasteiger partial charge in [-0.3, -0.25) is 9.59 Å². The Labute approximate surface area is 158 Å². The molecule has 1 fully saturated rings. The van der Waals surface area contributed by atoms with Crippen molar-refractivity contribution >= 4 is 23.2 Å². The zero-order chi connectivity index (χ0) is 19.3. The van der Waals surface area contributed by atoms with Gasteiger partial charge in [0, 0.05) is 44.5 Å². The molecule has 0 spiro atoms. The van der Waals surface area contributed by atoms with Gasteiger partial charge in [-0.1, -0.05) is 6.92 Å². The van der Waals surface area contributed by atoms with Gasteiger partial charge in [-0.25, -0.2) is 0 Å². The van der Waals surface area contributed by atoms with Crippen LogP contribution in [0.25, 0.3) is 0 Å². The molecule has 0 N–H and O–H groups in total. The molecule has 0 saturated carbocycles. The number of carbonyl (C=O) groups is 2. The minimum Gasteiger partial charge on any atom is -0.372 e. The minimum atomic E-state index is -0.0950. The van der Waals surface area contributed by atoms with Gasteiger partial charge in [0.2, 0.25) is 11.8 Å². The molecule has 0 bridgehead atoms. The van der Waals surface area contributed by atoms with Crippen molar-refractivity contribution in [3.8, 4) is 0 Å². The van der Waals surface area contributed by atoms with Gasteiger partial charge in [-0.15, -0.1) is 0 Å². The van der Waals surface area contributed by atoms with Gasteiger partial charge < -0.3 is 14.7 Å². The highest BCUT2D eigenvalue weighted by Crippen LogP contribution is 2.26. The van der Waals surface area contributed by atoms with E-state index < -0.39 is 0 Å². The van der Waals surface area contributed by atoms with Gasteiger partial charge in [0.05, 0.1) is 0 Å². The fourth-order valence-electron chi connectivity index (χ4n) is 3.59. The van der Waals surface area contributed by atoms with E-state index in [4.69, 9.17) is 0 Å². The monoisotopic (exact) mass is 359 g/mol. The van der Waals surface area contributed by atoms with Crippen LogP contribution in [0.5, 0.6) is 0 Å². The predicted octanol–water partition coefficient (Wildman–Crippen LogP) is 3.45. The number of piperidine rings is 1. The lowest BCUT2D eigenvalue weighted by molar-refractivity contribution is -0.132. The number of carbonyl (C=O) groups excluding carboxylic acids is 2. The van der Waals surface area contributed by atoms with Crippen LogP contribution in [0.2, 0.25) is 0 Å². The second-order valence-corrected chi connectivity index (χ2v) is 7.31. The molecular weight excluding hydrogens is 326 g/mol. The number of nitrogens with zero attached hydrogens (tertiary/aromatic N) is 3. The SMILES string of the molecule is CCN(CC)c1ccc(N(CC(=O)N2CCC(C)CC2)C(C)=O)c(C)c1. The first-order valence-corrected chi connectivity index (χ1v) is 9.78. The number of aryl methyl sites for hydroxylation is 1. The van der Waals surface area contributed by atoms with Crippen LogP contribution in [0.4, 0.5) is 11.4 Å². The molecule has 0 atom stereocenters. The highest BCUT2D eigenvalue weighted by molar-refractivity contribution is 5.98. The second kappa shape index (κ2) is 9.06. The molecule has 26 heavy (non-hydrogen) atoms. The lowest BCUT2D eigenvalue weighted by atomic mass is 9.99. The fourth-order valence-corrected chi connectivity index (χ4v) is 3.59. The molecule has 1 aromatic carbocycles. The number of rotatable bonds is 6. The smallest absolute Gasteiger partial charge is 0.242 e. The lowest BCUT2D eigenvalue weighted by Crippen LogP contribution is -2.45. The van der Waals surface area contributed by atoms with E-state index in [2.05, 4.69) is 31.7 Å². The molecule has 1 aliphatic rings. The lowest BCUT2D eigenvalue weighted by Gasteiger charge is -2.32. The summed E-state index contributed by atoms with van der Waals surface area (Å²) in [6.07, 6.45) is 2.09. The van der Waals surface area contributed by atoms with E-state index in [1.165, 1.54) is 6.92 Å². The zero-order valence-electron chi connectivity index (χ0n) is 16.9. The largest absolute Gasteiger partial charge is 0.372 e. The summed E-state index contributed by atoms with van der Waals surface area (Å²) in [5.41, 5.74) is 2.99. The third-order valence-electron chi connectivity index (χ3n) is 5.41. The van der Waals surface area contributed by atoms with Gasteiger partial charge >= 0.3 is 0 Å². The van der Waals surface area contributed by atoms with E-state index in [9.17, 15) is 9.59 Å². The summed E-state index contributed by atoms with van der Waals surface area (Å²) in [4.78, 5) is 30.7. The Morgan fingerprint density at radius 3 is 2.27 bits per heavy atom. The van der Waals surface area contributed by atoms with Crippen LogP contribution >= 0.6 is 0 Å². The first-order valence-electron chi connectivity index (χ1n) is 9.78. The van der Waals surface area contributed by atoms with Gasteiger partial charge in [0.1, 0.15) is 6.54 Å². The first-order chi connectivity index (χ1) is 12.4. The van der Waals surface area contributed by atoms with Crippen LogP contribution in [-0.4, -0.2) is 49.4 Å². The van der Waals surface area contributed by atoms with E-state index in [-0.39, 0.29) is 18.4 Å². The number of hydrogen-bond donors (Lipinski definition) is 0. The standard InChI is InChI=1S/C21H33N3O2/c1-6-22(7-2)19-8-9-20(17(4)14-19)24(18(5)25)15-21(26)23-12-10-16(3)11-13-23/h8-9,14,16H,6-7,10-13,15H2,1-5H3. The van der Waals surface area contributed by atoms with Gasteiger partial charge in [-0.05, 0) is 63.3 Å². The topological polar surface area (TPSA) is 43.9 Å².